The maximum absolute atomic E-state index is 12.7. The Bertz CT molecular complexity index is 650. The molecular weight excluding hydrogens is 346 g/mol. The highest BCUT2D eigenvalue weighted by molar-refractivity contribution is 7.80. The number of thiocarbonyl (C=S) groups is 1. The van der Waals surface area contributed by atoms with Crippen molar-refractivity contribution in [2.75, 3.05) is 13.1 Å². The Morgan fingerprint density at radius 1 is 1.23 bits per heavy atom. The van der Waals surface area contributed by atoms with E-state index >= 15 is 0 Å². The van der Waals surface area contributed by atoms with Gasteiger partial charge in [-0.15, -0.1) is 0 Å². The zero-order chi connectivity index (χ0) is 18.4. The van der Waals surface area contributed by atoms with Gasteiger partial charge in [-0.2, -0.15) is 0 Å². The average molecular weight is 374 g/mol. The van der Waals surface area contributed by atoms with Crippen LogP contribution in [0.2, 0.25) is 0 Å². The molecule has 140 valence electrons. The van der Waals surface area contributed by atoms with Crippen LogP contribution in [0.1, 0.15) is 44.1 Å². The quantitative estimate of drug-likeness (QED) is 0.721. The van der Waals surface area contributed by atoms with Crippen LogP contribution in [0.5, 0.6) is 0 Å². The number of fused-ring (bicyclic) bond motifs is 1. The molecule has 1 aromatic carbocycles. The van der Waals surface area contributed by atoms with Crippen LogP contribution in [0.3, 0.4) is 0 Å². The summed E-state index contributed by atoms with van der Waals surface area (Å²) in [5, 5.41) is 6.80. The van der Waals surface area contributed by atoms with Gasteiger partial charge >= 0.3 is 0 Å². The lowest BCUT2D eigenvalue weighted by molar-refractivity contribution is -0.135. The molecule has 0 bridgehead atoms. The van der Waals surface area contributed by atoms with Gasteiger partial charge in [0.15, 0.2) is 5.11 Å². The Balaban J connectivity index is 1.37. The summed E-state index contributed by atoms with van der Waals surface area (Å²) >= 11 is 5.37. The van der Waals surface area contributed by atoms with Crippen LogP contribution < -0.4 is 10.6 Å². The van der Waals surface area contributed by atoms with Crippen molar-refractivity contribution < 1.29 is 9.59 Å². The zero-order valence-electron chi connectivity index (χ0n) is 15.1. The Morgan fingerprint density at radius 2 is 2.00 bits per heavy atom. The maximum Gasteiger partial charge on any atom is 0.233 e. The Morgan fingerprint density at radius 3 is 2.81 bits per heavy atom. The first-order valence-electron chi connectivity index (χ1n) is 9.57. The molecule has 26 heavy (non-hydrogen) atoms. The summed E-state index contributed by atoms with van der Waals surface area (Å²) in [6.07, 6.45) is 6.10. The lowest BCUT2D eigenvalue weighted by Gasteiger charge is -2.41. The van der Waals surface area contributed by atoms with Crippen molar-refractivity contribution in [1.82, 2.24) is 15.5 Å². The summed E-state index contributed by atoms with van der Waals surface area (Å²) < 4.78 is 0. The number of benzene rings is 1. The van der Waals surface area contributed by atoms with Gasteiger partial charge in [0.2, 0.25) is 11.8 Å². The first-order valence-corrected chi connectivity index (χ1v) is 9.98. The van der Waals surface area contributed by atoms with Crippen LogP contribution in [-0.2, 0) is 16.0 Å². The number of carbonyl (C=O) groups excluding carboxylic acids is 2. The van der Waals surface area contributed by atoms with E-state index < -0.39 is 0 Å². The van der Waals surface area contributed by atoms with E-state index in [4.69, 9.17) is 12.2 Å². The Hall–Kier alpha value is -1.95. The van der Waals surface area contributed by atoms with Crippen LogP contribution in [-0.4, -0.2) is 41.0 Å². The van der Waals surface area contributed by atoms with Crippen molar-refractivity contribution in [2.24, 2.45) is 5.92 Å². The van der Waals surface area contributed by atoms with Gasteiger partial charge in [-0.05, 0) is 43.5 Å². The fraction of sp³-hybridized carbons (Fsp3) is 0.550. The molecule has 2 N–H and O–H groups in total. The molecule has 2 unspecified atom stereocenters. The van der Waals surface area contributed by atoms with E-state index in [1.54, 1.807) is 4.90 Å². The molecule has 1 aliphatic carbocycles. The molecule has 2 atom stereocenters. The molecule has 5 nitrogen and oxygen atoms in total. The van der Waals surface area contributed by atoms with Crippen molar-refractivity contribution in [1.29, 1.82) is 0 Å². The van der Waals surface area contributed by atoms with E-state index in [1.165, 1.54) is 5.56 Å². The second kappa shape index (κ2) is 9.12. The molecule has 2 aliphatic rings. The van der Waals surface area contributed by atoms with Gasteiger partial charge in [-0.3, -0.25) is 14.5 Å². The van der Waals surface area contributed by atoms with Gasteiger partial charge in [-0.1, -0.05) is 43.2 Å². The summed E-state index contributed by atoms with van der Waals surface area (Å²) in [5.41, 5.74) is 1.21. The van der Waals surface area contributed by atoms with Crippen LogP contribution in [0, 0.1) is 5.92 Å². The molecule has 3 rings (SSSR count). The Kier molecular flexibility index (Phi) is 6.61. The summed E-state index contributed by atoms with van der Waals surface area (Å²) in [6.45, 7) is 1.15. The van der Waals surface area contributed by atoms with Crippen molar-refractivity contribution >= 4 is 29.1 Å². The van der Waals surface area contributed by atoms with E-state index in [2.05, 4.69) is 22.8 Å². The minimum atomic E-state index is 0.0276. The van der Waals surface area contributed by atoms with Gasteiger partial charge in [0.1, 0.15) is 0 Å². The van der Waals surface area contributed by atoms with E-state index in [0.29, 0.717) is 31.0 Å². The van der Waals surface area contributed by atoms with Gasteiger partial charge in [-0.25, -0.2) is 0 Å². The number of rotatable bonds is 7. The molecule has 6 heteroatoms. The van der Waals surface area contributed by atoms with Crippen molar-refractivity contribution in [3.05, 3.63) is 35.9 Å². The van der Waals surface area contributed by atoms with E-state index in [9.17, 15) is 9.59 Å². The number of nitrogens with zero attached hydrogens (tertiary/aromatic N) is 1. The highest BCUT2D eigenvalue weighted by Gasteiger charge is 2.39. The first kappa shape index (κ1) is 18.8. The fourth-order valence-electron chi connectivity index (χ4n) is 3.82. The number of carbonyl (C=O) groups is 2. The third-order valence-corrected chi connectivity index (χ3v) is 5.61. The van der Waals surface area contributed by atoms with Crippen LogP contribution in [0.25, 0.3) is 0 Å². The first-order chi connectivity index (χ1) is 12.6. The smallest absolute Gasteiger partial charge is 0.233 e. The van der Waals surface area contributed by atoms with Gasteiger partial charge < -0.3 is 10.6 Å². The third-order valence-electron chi connectivity index (χ3n) is 5.27. The fourth-order valence-corrected chi connectivity index (χ4v) is 4.16. The molecule has 1 aromatic rings. The number of nitrogens with one attached hydrogen (secondary N) is 2. The maximum atomic E-state index is 12.7. The molecular formula is C20H27N3O2S. The normalized spacial score (nSPS) is 22.5. The van der Waals surface area contributed by atoms with E-state index in [0.717, 1.165) is 32.1 Å². The number of hydrogen-bond acceptors (Lipinski definition) is 3. The number of amides is 2. The molecule has 0 radical (unpaired) electrons. The molecule has 0 spiro atoms. The van der Waals surface area contributed by atoms with E-state index in [1.807, 2.05) is 18.2 Å². The summed E-state index contributed by atoms with van der Waals surface area (Å²) in [5.74, 6) is 0.220. The predicted molar refractivity (Wildman–Crippen MR) is 106 cm³/mol. The van der Waals surface area contributed by atoms with Gasteiger partial charge in [0.25, 0.3) is 0 Å². The minimum absolute atomic E-state index is 0.0276. The van der Waals surface area contributed by atoms with Crippen molar-refractivity contribution in [3.8, 4) is 0 Å². The van der Waals surface area contributed by atoms with Gasteiger partial charge in [0.05, 0.1) is 5.92 Å². The molecule has 0 aromatic heterocycles. The van der Waals surface area contributed by atoms with Gasteiger partial charge in [0, 0.05) is 25.6 Å². The molecule has 2 amide bonds. The SMILES string of the molecule is O=C(CCCN1C(=O)C2CCCCC2NC1=S)NCCc1ccccc1. The minimum Gasteiger partial charge on any atom is -0.359 e. The average Bonchev–Trinajstić information content (AvgIpc) is 2.65. The lowest BCUT2D eigenvalue weighted by Crippen LogP contribution is -2.60. The Labute approximate surface area is 160 Å². The van der Waals surface area contributed by atoms with Crippen LogP contribution in [0.4, 0.5) is 0 Å². The summed E-state index contributed by atoms with van der Waals surface area (Å²) in [4.78, 5) is 26.3. The lowest BCUT2D eigenvalue weighted by atomic mass is 9.82. The third kappa shape index (κ3) is 4.81. The number of hydrogen-bond donors (Lipinski definition) is 2. The summed E-state index contributed by atoms with van der Waals surface area (Å²) in [7, 11) is 0. The standard InChI is InChI=1S/C20H27N3O2S/c24-18(21-13-12-15-7-2-1-3-8-15)11-6-14-23-19(25)16-9-4-5-10-17(16)22-20(23)26/h1-3,7-8,16-17H,4-6,9-14H2,(H,21,24)(H,22,26). The molecule has 1 aliphatic heterocycles. The van der Waals surface area contributed by atoms with Crippen LogP contribution in [0.15, 0.2) is 30.3 Å². The van der Waals surface area contributed by atoms with Crippen molar-refractivity contribution in [2.45, 2.75) is 51.0 Å². The zero-order valence-corrected chi connectivity index (χ0v) is 15.9. The van der Waals surface area contributed by atoms with Crippen molar-refractivity contribution in [3.63, 3.8) is 0 Å². The van der Waals surface area contributed by atoms with Crippen LogP contribution >= 0.6 is 12.2 Å². The molecule has 1 saturated heterocycles. The second-order valence-electron chi connectivity index (χ2n) is 7.13. The largest absolute Gasteiger partial charge is 0.359 e. The highest BCUT2D eigenvalue weighted by Crippen LogP contribution is 2.29. The second-order valence-corrected chi connectivity index (χ2v) is 7.51. The molecule has 2 fully saturated rings. The topological polar surface area (TPSA) is 61.4 Å². The summed E-state index contributed by atoms with van der Waals surface area (Å²) in [6, 6.07) is 10.3. The van der Waals surface area contributed by atoms with E-state index in [-0.39, 0.29) is 23.8 Å². The predicted octanol–water partition coefficient (Wildman–Crippen LogP) is 2.40. The monoisotopic (exact) mass is 373 g/mol. The molecule has 1 heterocycles. The highest BCUT2D eigenvalue weighted by atomic mass is 32.1. The molecule has 1 saturated carbocycles.